The lowest BCUT2D eigenvalue weighted by atomic mass is 10.1. The molecule has 4 heteroatoms. The number of carbonyl (C=O) groups excluding carboxylic acids is 1. The first-order valence-electron chi connectivity index (χ1n) is 6.27. The fourth-order valence-electron chi connectivity index (χ4n) is 2.34. The molecule has 1 aliphatic rings. The summed E-state index contributed by atoms with van der Waals surface area (Å²) < 4.78 is 12.8. The largest absolute Gasteiger partial charge is 0.342 e. The van der Waals surface area contributed by atoms with E-state index >= 15 is 0 Å². The topological polar surface area (TPSA) is 20.3 Å². The molecular formula is C14H17BrFNO. The van der Waals surface area contributed by atoms with Crippen LogP contribution in [0.4, 0.5) is 4.39 Å². The summed E-state index contributed by atoms with van der Waals surface area (Å²) in [7, 11) is 0. The Kier molecular flexibility index (Phi) is 4.75. The van der Waals surface area contributed by atoms with Crippen molar-refractivity contribution in [3.05, 3.63) is 35.6 Å². The van der Waals surface area contributed by atoms with Gasteiger partial charge in [-0.25, -0.2) is 4.39 Å². The molecule has 0 spiro atoms. The molecule has 1 amide bonds. The third-order valence-corrected chi connectivity index (χ3v) is 3.88. The van der Waals surface area contributed by atoms with E-state index < -0.39 is 0 Å². The molecule has 0 saturated carbocycles. The SMILES string of the molecule is O=C(Cc1ccc(F)cc1)N1CCC(CCBr)C1. The van der Waals surface area contributed by atoms with E-state index in [4.69, 9.17) is 0 Å². The van der Waals surface area contributed by atoms with Crippen LogP contribution in [0.25, 0.3) is 0 Å². The summed E-state index contributed by atoms with van der Waals surface area (Å²) in [6.45, 7) is 1.73. The summed E-state index contributed by atoms with van der Waals surface area (Å²) in [5, 5.41) is 0.998. The van der Waals surface area contributed by atoms with Crippen LogP contribution in [0.5, 0.6) is 0 Å². The van der Waals surface area contributed by atoms with Gasteiger partial charge in [-0.1, -0.05) is 28.1 Å². The molecule has 1 aliphatic heterocycles. The quantitative estimate of drug-likeness (QED) is 0.783. The molecule has 0 bridgehead atoms. The van der Waals surface area contributed by atoms with Gasteiger partial charge >= 0.3 is 0 Å². The maximum Gasteiger partial charge on any atom is 0.226 e. The lowest BCUT2D eigenvalue weighted by Gasteiger charge is -2.16. The van der Waals surface area contributed by atoms with Gasteiger partial charge < -0.3 is 4.90 Å². The van der Waals surface area contributed by atoms with Gasteiger partial charge in [0.25, 0.3) is 0 Å². The summed E-state index contributed by atoms with van der Waals surface area (Å²) in [4.78, 5) is 14.0. The van der Waals surface area contributed by atoms with Crippen molar-refractivity contribution in [2.45, 2.75) is 19.3 Å². The van der Waals surface area contributed by atoms with Gasteiger partial charge in [-0.2, -0.15) is 0 Å². The van der Waals surface area contributed by atoms with Gasteiger partial charge in [-0.05, 0) is 36.5 Å². The summed E-state index contributed by atoms with van der Waals surface area (Å²) in [6.07, 6.45) is 2.60. The number of nitrogens with zero attached hydrogens (tertiary/aromatic N) is 1. The van der Waals surface area contributed by atoms with Crippen LogP contribution in [-0.2, 0) is 11.2 Å². The fraction of sp³-hybridized carbons (Fsp3) is 0.500. The van der Waals surface area contributed by atoms with Crippen molar-refractivity contribution in [2.75, 3.05) is 18.4 Å². The number of halogens is 2. The first-order valence-corrected chi connectivity index (χ1v) is 7.39. The Balaban J connectivity index is 1.87. The highest BCUT2D eigenvalue weighted by Crippen LogP contribution is 2.21. The number of alkyl halides is 1. The number of rotatable bonds is 4. The Bertz CT molecular complexity index is 407. The molecule has 1 atom stereocenters. The molecule has 2 rings (SSSR count). The van der Waals surface area contributed by atoms with E-state index in [0.29, 0.717) is 12.3 Å². The minimum atomic E-state index is -0.259. The molecule has 0 N–H and O–H groups in total. The number of amides is 1. The van der Waals surface area contributed by atoms with Gasteiger partial charge in [0.1, 0.15) is 5.82 Å². The molecule has 1 aromatic carbocycles. The lowest BCUT2D eigenvalue weighted by molar-refractivity contribution is -0.129. The van der Waals surface area contributed by atoms with Crippen LogP contribution in [0.3, 0.4) is 0 Å². The Labute approximate surface area is 115 Å². The van der Waals surface area contributed by atoms with Crippen LogP contribution in [-0.4, -0.2) is 29.2 Å². The lowest BCUT2D eigenvalue weighted by Crippen LogP contribution is -2.30. The van der Waals surface area contributed by atoms with Crippen LogP contribution in [0.1, 0.15) is 18.4 Å². The molecule has 0 aromatic heterocycles. The average molecular weight is 314 g/mol. The number of likely N-dealkylation sites (tertiary alicyclic amines) is 1. The summed E-state index contributed by atoms with van der Waals surface area (Å²) in [5.74, 6) is 0.518. The van der Waals surface area contributed by atoms with Gasteiger partial charge in [-0.3, -0.25) is 4.79 Å². The smallest absolute Gasteiger partial charge is 0.226 e. The van der Waals surface area contributed by atoms with Crippen molar-refractivity contribution in [1.29, 1.82) is 0 Å². The molecule has 1 saturated heterocycles. The zero-order valence-corrected chi connectivity index (χ0v) is 11.8. The standard InChI is InChI=1S/C14H17BrFNO/c15-7-5-12-6-8-17(10-12)14(18)9-11-1-3-13(16)4-2-11/h1-4,12H,5-10H2. The van der Waals surface area contributed by atoms with E-state index in [1.54, 1.807) is 12.1 Å². The number of benzene rings is 1. The predicted molar refractivity (Wildman–Crippen MR) is 73.2 cm³/mol. The minimum Gasteiger partial charge on any atom is -0.342 e. The first-order chi connectivity index (χ1) is 8.69. The van der Waals surface area contributed by atoms with Gasteiger partial charge in [0.15, 0.2) is 0 Å². The van der Waals surface area contributed by atoms with Crippen molar-refractivity contribution in [3.63, 3.8) is 0 Å². The number of hydrogen-bond acceptors (Lipinski definition) is 1. The molecule has 98 valence electrons. The van der Waals surface area contributed by atoms with E-state index in [9.17, 15) is 9.18 Å². The van der Waals surface area contributed by atoms with Crippen molar-refractivity contribution in [2.24, 2.45) is 5.92 Å². The highest BCUT2D eigenvalue weighted by molar-refractivity contribution is 9.09. The molecule has 0 aliphatic carbocycles. The van der Waals surface area contributed by atoms with E-state index in [2.05, 4.69) is 15.9 Å². The molecule has 2 nitrogen and oxygen atoms in total. The first kappa shape index (κ1) is 13.5. The number of hydrogen-bond donors (Lipinski definition) is 0. The van der Waals surface area contributed by atoms with E-state index in [0.717, 1.165) is 36.8 Å². The Hall–Kier alpha value is -0.900. The Morgan fingerprint density at radius 3 is 2.78 bits per heavy atom. The molecule has 1 heterocycles. The zero-order valence-electron chi connectivity index (χ0n) is 10.2. The van der Waals surface area contributed by atoms with Crippen LogP contribution in [0.15, 0.2) is 24.3 Å². The molecular weight excluding hydrogens is 297 g/mol. The summed E-state index contributed by atoms with van der Waals surface area (Å²) in [6, 6.07) is 6.17. The second kappa shape index (κ2) is 6.32. The molecule has 0 radical (unpaired) electrons. The van der Waals surface area contributed by atoms with Crippen LogP contribution in [0, 0.1) is 11.7 Å². The molecule has 18 heavy (non-hydrogen) atoms. The Morgan fingerprint density at radius 1 is 1.39 bits per heavy atom. The highest BCUT2D eigenvalue weighted by atomic mass is 79.9. The van der Waals surface area contributed by atoms with E-state index in [-0.39, 0.29) is 11.7 Å². The van der Waals surface area contributed by atoms with Gasteiger partial charge in [-0.15, -0.1) is 0 Å². The third kappa shape index (κ3) is 3.55. The van der Waals surface area contributed by atoms with Gasteiger partial charge in [0.2, 0.25) is 5.91 Å². The fourth-order valence-corrected chi connectivity index (χ4v) is 2.99. The van der Waals surface area contributed by atoms with Crippen LogP contribution >= 0.6 is 15.9 Å². The van der Waals surface area contributed by atoms with E-state index in [1.165, 1.54) is 12.1 Å². The van der Waals surface area contributed by atoms with Gasteiger partial charge in [0, 0.05) is 18.4 Å². The molecule has 1 fully saturated rings. The maximum atomic E-state index is 12.8. The van der Waals surface area contributed by atoms with Crippen LogP contribution in [0.2, 0.25) is 0 Å². The van der Waals surface area contributed by atoms with Crippen molar-refractivity contribution < 1.29 is 9.18 Å². The third-order valence-electron chi connectivity index (χ3n) is 3.42. The van der Waals surface area contributed by atoms with Crippen molar-refractivity contribution >= 4 is 21.8 Å². The normalized spacial score (nSPS) is 19.2. The van der Waals surface area contributed by atoms with Crippen molar-refractivity contribution in [3.8, 4) is 0 Å². The minimum absolute atomic E-state index is 0.152. The number of carbonyl (C=O) groups is 1. The monoisotopic (exact) mass is 313 g/mol. The van der Waals surface area contributed by atoms with Gasteiger partial charge in [0.05, 0.1) is 6.42 Å². The van der Waals surface area contributed by atoms with Crippen LogP contribution < -0.4 is 0 Å². The highest BCUT2D eigenvalue weighted by Gasteiger charge is 2.25. The molecule has 1 unspecified atom stereocenters. The Morgan fingerprint density at radius 2 is 2.11 bits per heavy atom. The van der Waals surface area contributed by atoms with Crippen molar-refractivity contribution in [1.82, 2.24) is 4.90 Å². The zero-order chi connectivity index (χ0) is 13.0. The molecule has 1 aromatic rings. The average Bonchev–Trinajstić information content (AvgIpc) is 2.81. The predicted octanol–water partition coefficient (Wildman–Crippen LogP) is 3.00. The maximum absolute atomic E-state index is 12.8. The second-order valence-electron chi connectivity index (χ2n) is 4.78. The summed E-state index contributed by atoms with van der Waals surface area (Å²) in [5.41, 5.74) is 0.880. The van der Waals surface area contributed by atoms with E-state index in [1.807, 2.05) is 4.90 Å². The second-order valence-corrected chi connectivity index (χ2v) is 5.57. The summed E-state index contributed by atoms with van der Waals surface area (Å²) >= 11 is 3.44.